The van der Waals surface area contributed by atoms with Crippen molar-refractivity contribution in [2.75, 3.05) is 5.32 Å². The van der Waals surface area contributed by atoms with Crippen molar-refractivity contribution >= 4 is 28.7 Å². The van der Waals surface area contributed by atoms with Gasteiger partial charge in [0.2, 0.25) is 5.91 Å². The second-order valence-electron chi connectivity index (χ2n) is 5.47. The Morgan fingerprint density at radius 3 is 2.52 bits per heavy atom. The lowest BCUT2D eigenvalue weighted by molar-refractivity contribution is -0.115. The van der Waals surface area contributed by atoms with Crippen molar-refractivity contribution in [3.63, 3.8) is 0 Å². The van der Waals surface area contributed by atoms with Gasteiger partial charge in [-0.05, 0) is 43.3 Å². The topological polar surface area (TPSA) is 59.1 Å². The minimum atomic E-state index is -0.335. The first kappa shape index (κ1) is 17.0. The van der Waals surface area contributed by atoms with E-state index in [4.69, 9.17) is 0 Å². The van der Waals surface area contributed by atoms with Gasteiger partial charge in [-0.1, -0.05) is 12.1 Å². The summed E-state index contributed by atoms with van der Waals surface area (Å²) in [7, 11) is 0. The zero-order chi connectivity index (χ0) is 17.8. The molecule has 0 aliphatic rings. The number of aromatic nitrogens is 1. The lowest BCUT2D eigenvalue weighted by Gasteiger charge is -2.04. The van der Waals surface area contributed by atoms with E-state index < -0.39 is 0 Å². The van der Waals surface area contributed by atoms with E-state index in [-0.39, 0.29) is 23.9 Å². The van der Waals surface area contributed by atoms with Gasteiger partial charge in [0.1, 0.15) is 10.8 Å². The van der Waals surface area contributed by atoms with Crippen LogP contribution in [0.25, 0.3) is 10.6 Å². The number of carbonyl (C=O) groups excluding carboxylic acids is 2. The highest BCUT2D eigenvalue weighted by Gasteiger charge is 2.12. The molecule has 0 aliphatic carbocycles. The third-order valence-electron chi connectivity index (χ3n) is 3.57. The van der Waals surface area contributed by atoms with Gasteiger partial charge in [-0.15, -0.1) is 11.3 Å². The van der Waals surface area contributed by atoms with Crippen LogP contribution in [-0.4, -0.2) is 16.7 Å². The second-order valence-corrected chi connectivity index (χ2v) is 6.59. The smallest absolute Gasteiger partial charge is 0.229 e. The molecule has 0 bridgehead atoms. The molecule has 1 heterocycles. The fraction of sp³-hybridized carbons (Fsp3) is 0.105. The second kappa shape index (κ2) is 7.36. The molecule has 3 aromatic rings. The first-order valence-corrected chi connectivity index (χ1v) is 8.45. The first-order valence-electron chi connectivity index (χ1n) is 7.63. The largest absolute Gasteiger partial charge is 0.326 e. The van der Waals surface area contributed by atoms with Gasteiger partial charge in [0.05, 0.1) is 6.42 Å². The molecule has 0 saturated carbocycles. The van der Waals surface area contributed by atoms with E-state index in [2.05, 4.69) is 10.3 Å². The number of nitrogens with zero attached hydrogens (tertiary/aromatic N) is 1. The molecule has 1 aromatic heterocycles. The average molecular weight is 354 g/mol. The van der Waals surface area contributed by atoms with Crippen LogP contribution >= 0.6 is 11.3 Å². The Morgan fingerprint density at radius 2 is 1.84 bits per heavy atom. The standard InChI is InChI=1S/C19H15FN2O2S/c1-12(23)13-6-8-14(9-7-13)22-18(24)10-15-11-21-19(25-15)16-4-2-3-5-17(16)20/h2-9,11H,10H2,1H3,(H,22,24). The Balaban J connectivity index is 1.66. The number of benzene rings is 2. The van der Waals surface area contributed by atoms with E-state index in [1.165, 1.54) is 24.3 Å². The molecular weight excluding hydrogens is 339 g/mol. The van der Waals surface area contributed by atoms with Crippen molar-refractivity contribution in [2.45, 2.75) is 13.3 Å². The predicted molar refractivity (Wildman–Crippen MR) is 96.3 cm³/mol. The van der Waals surface area contributed by atoms with Crippen LogP contribution < -0.4 is 5.32 Å². The number of amides is 1. The van der Waals surface area contributed by atoms with Crippen LogP contribution in [0.5, 0.6) is 0 Å². The Morgan fingerprint density at radius 1 is 1.12 bits per heavy atom. The number of Topliss-reactive ketones (excluding diaryl/α,β-unsaturated/α-hetero) is 1. The highest BCUT2D eigenvalue weighted by Crippen LogP contribution is 2.27. The molecular formula is C19H15FN2O2S. The molecule has 1 amide bonds. The molecule has 3 rings (SSSR count). The van der Waals surface area contributed by atoms with Crippen LogP contribution in [0.3, 0.4) is 0 Å². The summed E-state index contributed by atoms with van der Waals surface area (Å²) in [6.45, 7) is 1.49. The zero-order valence-corrected chi connectivity index (χ0v) is 14.3. The quantitative estimate of drug-likeness (QED) is 0.694. The predicted octanol–water partition coefficient (Wildman–Crippen LogP) is 4.33. The molecule has 126 valence electrons. The lowest BCUT2D eigenvalue weighted by Crippen LogP contribution is -2.13. The number of anilines is 1. The summed E-state index contributed by atoms with van der Waals surface area (Å²) in [6.07, 6.45) is 1.74. The molecule has 0 spiro atoms. The molecule has 0 unspecified atom stereocenters. The normalized spacial score (nSPS) is 10.5. The Hall–Kier alpha value is -2.86. The number of ketones is 1. The number of halogens is 1. The van der Waals surface area contributed by atoms with Crippen LogP contribution in [0.1, 0.15) is 22.2 Å². The molecule has 6 heteroatoms. The molecule has 1 N–H and O–H groups in total. The lowest BCUT2D eigenvalue weighted by atomic mass is 10.1. The maximum absolute atomic E-state index is 13.8. The average Bonchev–Trinajstić information content (AvgIpc) is 3.03. The molecule has 0 atom stereocenters. The number of thiazole rings is 1. The Kier molecular flexibility index (Phi) is 5.00. The van der Waals surface area contributed by atoms with Gasteiger partial charge in [-0.2, -0.15) is 0 Å². The minimum absolute atomic E-state index is 0.0248. The number of hydrogen-bond donors (Lipinski definition) is 1. The van der Waals surface area contributed by atoms with E-state index in [1.54, 1.807) is 48.7 Å². The van der Waals surface area contributed by atoms with Gasteiger partial charge in [-0.25, -0.2) is 9.37 Å². The number of rotatable bonds is 5. The van der Waals surface area contributed by atoms with E-state index in [0.717, 1.165) is 4.88 Å². The summed E-state index contributed by atoms with van der Waals surface area (Å²) < 4.78 is 13.8. The monoisotopic (exact) mass is 354 g/mol. The van der Waals surface area contributed by atoms with Crippen molar-refractivity contribution < 1.29 is 14.0 Å². The fourth-order valence-corrected chi connectivity index (χ4v) is 3.24. The zero-order valence-electron chi connectivity index (χ0n) is 13.5. The highest BCUT2D eigenvalue weighted by atomic mass is 32.1. The third kappa shape index (κ3) is 4.16. The molecule has 4 nitrogen and oxygen atoms in total. The Bertz CT molecular complexity index is 919. The summed E-state index contributed by atoms with van der Waals surface area (Å²) in [4.78, 5) is 28.3. The third-order valence-corrected chi connectivity index (χ3v) is 4.60. The van der Waals surface area contributed by atoms with Crippen LogP contribution in [0.2, 0.25) is 0 Å². The highest BCUT2D eigenvalue weighted by molar-refractivity contribution is 7.15. The molecule has 0 radical (unpaired) electrons. The van der Waals surface area contributed by atoms with Crippen molar-refractivity contribution in [3.05, 3.63) is 71.0 Å². The van der Waals surface area contributed by atoms with Crippen LogP contribution in [0.15, 0.2) is 54.7 Å². The van der Waals surface area contributed by atoms with Crippen molar-refractivity contribution in [3.8, 4) is 10.6 Å². The fourth-order valence-electron chi connectivity index (χ4n) is 2.30. The van der Waals surface area contributed by atoms with E-state index in [1.807, 2.05) is 0 Å². The maximum atomic E-state index is 13.8. The van der Waals surface area contributed by atoms with E-state index in [9.17, 15) is 14.0 Å². The molecule has 25 heavy (non-hydrogen) atoms. The molecule has 0 saturated heterocycles. The molecule has 0 aliphatic heterocycles. The van der Waals surface area contributed by atoms with Gasteiger partial charge in [0, 0.05) is 27.9 Å². The first-order chi connectivity index (χ1) is 12.0. The van der Waals surface area contributed by atoms with Crippen molar-refractivity contribution in [1.82, 2.24) is 4.98 Å². The molecule has 2 aromatic carbocycles. The number of hydrogen-bond acceptors (Lipinski definition) is 4. The number of nitrogens with one attached hydrogen (secondary N) is 1. The van der Waals surface area contributed by atoms with Crippen LogP contribution in [-0.2, 0) is 11.2 Å². The minimum Gasteiger partial charge on any atom is -0.326 e. The summed E-state index contributed by atoms with van der Waals surface area (Å²) in [5.41, 5.74) is 1.64. The van der Waals surface area contributed by atoms with Gasteiger partial charge in [0.25, 0.3) is 0 Å². The summed E-state index contributed by atoms with van der Waals surface area (Å²) in [5.74, 6) is -0.555. The number of carbonyl (C=O) groups is 2. The molecule has 0 fully saturated rings. The van der Waals surface area contributed by atoms with E-state index in [0.29, 0.717) is 21.8 Å². The van der Waals surface area contributed by atoms with E-state index >= 15 is 0 Å². The maximum Gasteiger partial charge on any atom is 0.229 e. The van der Waals surface area contributed by atoms with Crippen LogP contribution in [0, 0.1) is 5.82 Å². The summed E-state index contributed by atoms with van der Waals surface area (Å²) >= 11 is 1.29. The van der Waals surface area contributed by atoms with Gasteiger partial charge in [0.15, 0.2) is 5.78 Å². The van der Waals surface area contributed by atoms with Gasteiger partial charge >= 0.3 is 0 Å². The van der Waals surface area contributed by atoms with Gasteiger partial charge in [-0.3, -0.25) is 9.59 Å². The van der Waals surface area contributed by atoms with Crippen molar-refractivity contribution in [2.24, 2.45) is 0 Å². The summed E-state index contributed by atoms with van der Waals surface area (Å²) in [6, 6.07) is 13.1. The Labute approximate surface area is 148 Å². The van der Waals surface area contributed by atoms with Crippen molar-refractivity contribution in [1.29, 1.82) is 0 Å². The summed E-state index contributed by atoms with van der Waals surface area (Å²) in [5, 5.41) is 3.32. The van der Waals surface area contributed by atoms with Gasteiger partial charge < -0.3 is 5.32 Å². The van der Waals surface area contributed by atoms with Crippen LogP contribution in [0.4, 0.5) is 10.1 Å². The SMILES string of the molecule is CC(=O)c1ccc(NC(=O)Cc2cnc(-c3ccccc3F)s2)cc1.